The van der Waals surface area contributed by atoms with Crippen LogP contribution < -0.4 is 20.1 Å². The fraction of sp³-hybridized carbons (Fsp3) is 0.588. The predicted octanol–water partition coefficient (Wildman–Crippen LogP) is 1.85. The Hall–Kier alpha value is -1.46. The van der Waals surface area contributed by atoms with Gasteiger partial charge in [0.05, 0.1) is 0 Å². The summed E-state index contributed by atoms with van der Waals surface area (Å²) in [5.74, 6) is 2.27. The maximum Gasteiger partial charge on any atom is 0.224 e. The summed E-state index contributed by atoms with van der Waals surface area (Å²) in [6.07, 6.45) is 3.16. The summed E-state index contributed by atoms with van der Waals surface area (Å²) in [7, 11) is 0. The Balaban J connectivity index is 0.00000156. The van der Waals surface area contributed by atoms with Crippen LogP contribution in [0.25, 0.3) is 0 Å². The van der Waals surface area contributed by atoms with Crippen molar-refractivity contribution in [2.24, 2.45) is 5.92 Å². The summed E-state index contributed by atoms with van der Waals surface area (Å²) in [5.41, 5.74) is 1.19. The average Bonchev–Trinajstić information content (AvgIpc) is 3.36. The Labute approximate surface area is 142 Å². The summed E-state index contributed by atoms with van der Waals surface area (Å²) >= 11 is 0. The standard InChI is InChI=1S/C17H22N2O3.ClH/c20-17(19-12-2-1-5-18-10-12)14-9-13(14)11-3-4-15-16(8-11)22-7-6-21-15;/h3-4,8,12-14,18H,1-2,5-7,9-10H2,(H,19,20);1H. The number of piperidine rings is 1. The van der Waals surface area contributed by atoms with Gasteiger partial charge in [-0.05, 0) is 49.4 Å². The minimum absolute atomic E-state index is 0. The third-order valence-electron chi connectivity index (χ3n) is 4.76. The van der Waals surface area contributed by atoms with E-state index in [1.54, 1.807) is 0 Å². The van der Waals surface area contributed by atoms with Crippen molar-refractivity contribution in [3.8, 4) is 11.5 Å². The van der Waals surface area contributed by atoms with Gasteiger partial charge in [-0.15, -0.1) is 12.4 Å². The van der Waals surface area contributed by atoms with Gasteiger partial charge in [0, 0.05) is 18.5 Å². The number of rotatable bonds is 3. The second kappa shape index (κ2) is 6.97. The smallest absolute Gasteiger partial charge is 0.224 e. The topological polar surface area (TPSA) is 59.6 Å². The Morgan fingerprint density at radius 2 is 2.04 bits per heavy atom. The van der Waals surface area contributed by atoms with Gasteiger partial charge >= 0.3 is 0 Å². The molecule has 1 amide bonds. The molecule has 2 heterocycles. The molecule has 3 unspecified atom stereocenters. The molecule has 0 spiro atoms. The molecule has 0 aromatic heterocycles. The van der Waals surface area contributed by atoms with Crippen LogP contribution in [0.3, 0.4) is 0 Å². The number of nitrogens with one attached hydrogen (secondary N) is 2. The summed E-state index contributed by atoms with van der Waals surface area (Å²) in [6.45, 7) is 3.17. The normalized spacial score (nSPS) is 28.4. The first-order valence-corrected chi connectivity index (χ1v) is 8.22. The van der Waals surface area contributed by atoms with Crippen LogP contribution in [-0.2, 0) is 4.79 Å². The third-order valence-corrected chi connectivity index (χ3v) is 4.76. The Morgan fingerprint density at radius 1 is 1.22 bits per heavy atom. The molecule has 2 aliphatic heterocycles. The zero-order valence-electron chi connectivity index (χ0n) is 13.0. The minimum atomic E-state index is 0. The van der Waals surface area contributed by atoms with E-state index in [4.69, 9.17) is 9.47 Å². The van der Waals surface area contributed by atoms with Crippen molar-refractivity contribution >= 4 is 18.3 Å². The number of hydrogen-bond acceptors (Lipinski definition) is 4. The summed E-state index contributed by atoms with van der Waals surface area (Å²) < 4.78 is 11.2. The van der Waals surface area contributed by atoms with Crippen LogP contribution in [0.1, 0.15) is 30.7 Å². The van der Waals surface area contributed by atoms with Crippen LogP contribution in [0.4, 0.5) is 0 Å². The highest BCUT2D eigenvalue weighted by atomic mass is 35.5. The van der Waals surface area contributed by atoms with Gasteiger partial charge in [0.1, 0.15) is 13.2 Å². The second-order valence-corrected chi connectivity index (χ2v) is 6.40. The van der Waals surface area contributed by atoms with E-state index in [0.29, 0.717) is 25.2 Å². The molecule has 1 saturated heterocycles. The highest BCUT2D eigenvalue weighted by Crippen LogP contribution is 2.49. The molecule has 2 fully saturated rings. The van der Waals surface area contributed by atoms with Crippen LogP contribution in [0.2, 0.25) is 0 Å². The van der Waals surface area contributed by atoms with Crippen molar-refractivity contribution in [1.82, 2.24) is 10.6 Å². The fourth-order valence-corrected chi connectivity index (χ4v) is 3.43. The Kier molecular flexibility index (Phi) is 4.97. The quantitative estimate of drug-likeness (QED) is 0.883. The van der Waals surface area contributed by atoms with Crippen LogP contribution in [0.15, 0.2) is 18.2 Å². The number of carbonyl (C=O) groups is 1. The number of halogens is 1. The Bertz CT molecular complexity index is 575. The molecule has 4 rings (SSSR count). The monoisotopic (exact) mass is 338 g/mol. The molecule has 5 nitrogen and oxygen atoms in total. The van der Waals surface area contributed by atoms with Crippen molar-refractivity contribution in [3.05, 3.63) is 23.8 Å². The van der Waals surface area contributed by atoms with Gasteiger partial charge in [0.2, 0.25) is 5.91 Å². The van der Waals surface area contributed by atoms with Gasteiger partial charge in [0.15, 0.2) is 11.5 Å². The molecule has 0 bridgehead atoms. The Morgan fingerprint density at radius 3 is 2.83 bits per heavy atom. The lowest BCUT2D eigenvalue weighted by molar-refractivity contribution is -0.123. The van der Waals surface area contributed by atoms with E-state index in [2.05, 4.69) is 16.7 Å². The van der Waals surface area contributed by atoms with E-state index in [0.717, 1.165) is 43.9 Å². The number of benzene rings is 1. The SMILES string of the molecule is Cl.O=C(NC1CCCNC1)C1CC1c1ccc2c(c1)OCCO2. The van der Waals surface area contributed by atoms with E-state index < -0.39 is 0 Å². The van der Waals surface area contributed by atoms with Crippen molar-refractivity contribution in [2.75, 3.05) is 26.3 Å². The molecule has 126 valence electrons. The van der Waals surface area contributed by atoms with Crippen LogP contribution in [0.5, 0.6) is 11.5 Å². The maximum atomic E-state index is 12.4. The highest BCUT2D eigenvalue weighted by Gasteiger charge is 2.44. The second-order valence-electron chi connectivity index (χ2n) is 6.40. The first-order valence-electron chi connectivity index (χ1n) is 8.22. The number of fused-ring (bicyclic) bond motifs is 1. The van der Waals surface area contributed by atoms with E-state index in [1.807, 2.05) is 12.1 Å². The lowest BCUT2D eigenvalue weighted by Gasteiger charge is -2.24. The van der Waals surface area contributed by atoms with Gasteiger partial charge in [-0.2, -0.15) is 0 Å². The third kappa shape index (κ3) is 3.56. The highest BCUT2D eigenvalue weighted by molar-refractivity contribution is 5.85. The molecule has 3 atom stereocenters. The van der Waals surface area contributed by atoms with E-state index in [-0.39, 0.29) is 24.2 Å². The van der Waals surface area contributed by atoms with Gasteiger partial charge in [-0.25, -0.2) is 0 Å². The maximum absolute atomic E-state index is 12.4. The van der Waals surface area contributed by atoms with Crippen LogP contribution in [-0.4, -0.2) is 38.3 Å². The molecule has 6 heteroatoms. The molecule has 1 aliphatic carbocycles. The zero-order valence-corrected chi connectivity index (χ0v) is 13.9. The molecular weight excluding hydrogens is 316 g/mol. The first-order chi connectivity index (χ1) is 10.8. The summed E-state index contributed by atoms with van der Waals surface area (Å²) in [4.78, 5) is 12.4. The van der Waals surface area contributed by atoms with Crippen molar-refractivity contribution < 1.29 is 14.3 Å². The average molecular weight is 339 g/mol. The zero-order chi connectivity index (χ0) is 14.9. The lowest BCUT2D eigenvalue weighted by atomic mass is 10.1. The van der Waals surface area contributed by atoms with Crippen LogP contribution >= 0.6 is 12.4 Å². The van der Waals surface area contributed by atoms with E-state index >= 15 is 0 Å². The number of hydrogen-bond donors (Lipinski definition) is 2. The summed E-state index contributed by atoms with van der Waals surface area (Å²) in [6, 6.07) is 6.35. The number of ether oxygens (including phenoxy) is 2. The molecule has 1 aromatic carbocycles. The molecule has 3 aliphatic rings. The first kappa shape index (κ1) is 16.4. The largest absolute Gasteiger partial charge is 0.486 e. The molecule has 0 radical (unpaired) electrons. The molecular formula is C17H23ClN2O3. The van der Waals surface area contributed by atoms with Crippen molar-refractivity contribution in [2.45, 2.75) is 31.2 Å². The van der Waals surface area contributed by atoms with Crippen LogP contribution in [0, 0.1) is 5.92 Å². The van der Waals surface area contributed by atoms with Gasteiger partial charge in [-0.1, -0.05) is 6.07 Å². The lowest BCUT2D eigenvalue weighted by Crippen LogP contribution is -2.46. The van der Waals surface area contributed by atoms with Crippen molar-refractivity contribution in [3.63, 3.8) is 0 Å². The molecule has 1 aromatic rings. The summed E-state index contributed by atoms with van der Waals surface area (Å²) in [5, 5.41) is 6.52. The predicted molar refractivity (Wildman–Crippen MR) is 89.6 cm³/mol. The molecule has 2 N–H and O–H groups in total. The van der Waals surface area contributed by atoms with Gasteiger partial charge in [-0.3, -0.25) is 4.79 Å². The van der Waals surface area contributed by atoms with E-state index in [1.165, 1.54) is 5.56 Å². The fourth-order valence-electron chi connectivity index (χ4n) is 3.43. The minimum Gasteiger partial charge on any atom is -0.486 e. The molecule has 23 heavy (non-hydrogen) atoms. The van der Waals surface area contributed by atoms with Crippen molar-refractivity contribution in [1.29, 1.82) is 0 Å². The van der Waals surface area contributed by atoms with E-state index in [9.17, 15) is 4.79 Å². The molecule has 1 saturated carbocycles. The van der Waals surface area contributed by atoms with Gasteiger partial charge in [0.25, 0.3) is 0 Å². The van der Waals surface area contributed by atoms with Gasteiger partial charge < -0.3 is 20.1 Å². The number of carbonyl (C=O) groups excluding carboxylic acids is 1. The number of amides is 1.